The fourth-order valence-corrected chi connectivity index (χ4v) is 1.84. The first-order chi connectivity index (χ1) is 7.80. The van der Waals surface area contributed by atoms with E-state index < -0.39 is 16.9 Å². The van der Waals surface area contributed by atoms with Crippen molar-refractivity contribution in [2.24, 2.45) is 15.7 Å². The van der Waals surface area contributed by atoms with E-state index in [0.717, 1.165) is 0 Å². The second kappa shape index (κ2) is 4.42. The largest absolute Gasteiger partial charge is 0.399 e. The third kappa shape index (κ3) is 2.03. The molecular weight excluding hydrogens is 224 g/mol. The van der Waals surface area contributed by atoms with Crippen LogP contribution in [0.4, 0.5) is 0 Å². The zero-order chi connectivity index (χ0) is 13.3. The molecule has 96 valence electrons. The van der Waals surface area contributed by atoms with Gasteiger partial charge in [0.2, 0.25) is 5.54 Å². The molecule has 0 bridgehead atoms. The fourth-order valence-electron chi connectivity index (χ4n) is 1.84. The molecule has 0 aromatic rings. The van der Waals surface area contributed by atoms with E-state index in [2.05, 4.69) is 20.5 Å². The van der Waals surface area contributed by atoms with Crippen LogP contribution < -0.4 is 10.9 Å². The van der Waals surface area contributed by atoms with Gasteiger partial charge >= 0.3 is 0 Å². The molecule has 0 saturated carbocycles. The van der Waals surface area contributed by atoms with Gasteiger partial charge in [-0.2, -0.15) is 10.6 Å². The molecule has 1 unspecified atom stereocenters. The molecule has 1 aliphatic heterocycles. The Bertz CT molecular complexity index is 384. The number of carbonyl (C=O) groups excluding carboxylic acids is 1. The average Bonchev–Trinajstić information content (AvgIpc) is 2.56. The topological polar surface area (TPSA) is 95.3 Å². The van der Waals surface area contributed by atoms with Crippen LogP contribution >= 0.6 is 0 Å². The van der Waals surface area contributed by atoms with Crippen molar-refractivity contribution < 1.29 is 14.8 Å². The molecule has 1 heterocycles. The highest BCUT2D eigenvalue weighted by Crippen LogP contribution is 2.29. The molecule has 0 spiro atoms. The number of carbonyl (C=O) groups is 1. The van der Waals surface area contributed by atoms with Crippen LogP contribution in [-0.4, -0.2) is 35.2 Å². The van der Waals surface area contributed by atoms with E-state index in [1.54, 1.807) is 6.92 Å². The quantitative estimate of drug-likeness (QED) is 0.488. The number of oxime groups is 1. The number of hydrogen-bond acceptors (Lipinski definition) is 6. The second-order valence-electron chi connectivity index (χ2n) is 4.87. The number of hydrogen-bond donors (Lipinski definition) is 3. The monoisotopic (exact) mass is 242 g/mol. The number of nitrogens with one attached hydrogen (secondary N) is 2. The minimum atomic E-state index is -1.46. The Morgan fingerprint density at radius 1 is 1.59 bits per heavy atom. The van der Waals surface area contributed by atoms with Gasteiger partial charge in [0.1, 0.15) is 7.11 Å². The van der Waals surface area contributed by atoms with Crippen molar-refractivity contribution in [1.82, 2.24) is 10.9 Å². The van der Waals surface area contributed by atoms with Crippen LogP contribution in [0.25, 0.3) is 0 Å². The minimum Gasteiger partial charge on any atom is -0.399 e. The van der Waals surface area contributed by atoms with Crippen LogP contribution in [0.15, 0.2) is 10.3 Å². The van der Waals surface area contributed by atoms with Crippen molar-refractivity contribution in [1.29, 1.82) is 0 Å². The lowest BCUT2D eigenvalue weighted by Gasteiger charge is -2.32. The number of amides is 1. The van der Waals surface area contributed by atoms with Gasteiger partial charge in [0.15, 0.2) is 0 Å². The van der Waals surface area contributed by atoms with E-state index in [9.17, 15) is 10.0 Å². The minimum absolute atomic E-state index is 0.283. The molecule has 1 aliphatic rings. The molecule has 0 fully saturated rings. The van der Waals surface area contributed by atoms with E-state index in [0.29, 0.717) is 5.71 Å². The van der Waals surface area contributed by atoms with Crippen molar-refractivity contribution in [3.05, 3.63) is 0 Å². The molecule has 0 saturated heterocycles. The molecular formula is C10H18N4O3. The first-order valence-electron chi connectivity index (χ1n) is 5.19. The summed E-state index contributed by atoms with van der Waals surface area (Å²) in [6.45, 7) is 7.24. The summed E-state index contributed by atoms with van der Waals surface area (Å²) in [6.07, 6.45) is 0. The van der Waals surface area contributed by atoms with Gasteiger partial charge in [0.25, 0.3) is 5.91 Å². The summed E-state index contributed by atoms with van der Waals surface area (Å²) in [5, 5.41) is 17.1. The van der Waals surface area contributed by atoms with Gasteiger partial charge in [-0.3, -0.25) is 4.79 Å². The molecule has 1 rings (SSSR count). The molecule has 17 heavy (non-hydrogen) atoms. The summed E-state index contributed by atoms with van der Waals surface area (Å²) < 4.78 is 0. The Labute approximate surface area is 99.9 Å². The van der Waals surface area contributed by atoms with Crippen LogP contribution in [0.2, 0.25) is 0 Å². The SMILES string of the molecule is CON=C(C)C1(NO)C(=O)NN=C1C(C)(C)C. The summed E-state index contributed by atoms with van der Waals surface area (Å²) in [6, 6.07) is 0. The normalized spacial score (nSPS) is 25.6. The highest BCUT2D eigenvalue weighted by atomic mass is 16.6. The molecule has 0 aromatic heterocycles. The number of rotatable bonds is 3. The van der Waals surface area contributed by atoms with Crippen LogP contribution in [-0.2, 0) is 9.63 Å². The summed E-state index contributed by atoms with van der Waals surface area (Å²) >= 11 is 0. The van der Waals surface area contributed by atoms with Gasteiger partial charge in [0, 0.05) is 5.41 Å². The highest BCUT2D eigenvalue weighted by Gasteiger charge is 2.54. The van der Waals surface area contributed by atoms with Crippen LogP contribution in [0, 0.1) is 5.41 Å². The van der Waals surface area contributed by atoms with Gasteiger partial charge in [-0.25, -0.2) is 5.43 Å². The Hall–Kier alpha value is -1.47. The Kier molecular flexibility index (Phi) is 3.53. The summed E-state index contributed by atoms with van der Waals surface area (Å²) in [7, 11) is 1.37. The molecule has 0 aliphatic carbocycles. The fraction of sp³-hybridized carbons (Fsp3) is 0.700. The average molecular weight is 242 g/mol. The van der Waals surface area contributed by atoms with Gasteiger partial charge in [-0.15, -0.1) is 0 Å². The summed E-state index contributed by atoms with van der Waals surface area (Å²) in [5.74, 6) is -0.483. The van der Waals surface area contributed by atoms with E-state index in [1.165, 1.54) is 7.11 Å². The molecule has 1 amide bonds. The van der Waals surface area contributed by atoms with Gasteiger partial charge in [0.05, 0.1) is 11.4 Å². The Morgan fingerprint density at radius 2 is 2.18 bits per heavy atom. The smallest absolute Gasteiger partial charge is 0.274 e. The maximum atomic E-state index is 11.9. The van der Waals surface area contributed by atoms with E-state index >= 15 is 0 Å². The van der Waals surface area contributed by atoms with E-state index in [4.69, 9.17) is 0 Å². The predicted molar refractivity (Wildman–Crippen MR) is 62.8 cm³/mol. The molecule has 0 aromatic carbocycles. The third-order valence-corrected chi connectivity index (χ3v) is 2.61. The first kappa shape index (κ1) is 13.6. The zero-order valence-electron chi connectivity index (χ0n) is 10.7. The summed E-state index contributed by atoms with van der Waals surface area (Å²) in [4.78, 5) is 16.6. The lowest BCUT2D eigenvalue weighted by atomic mass is 9.75. The van der Waals surface area contributed by atoms with Crippen molar-refractivity contribution in [2.45, 2.75) is 33.2 Å². The molecule has 1 atom stereocenters. The number of nitrogens with zero attached hydrogens (tertiary/aromatic N) is 2. The van der Waals surface area contributed by atoms with Crippen LogP contribution in [0.1, 0.15) is 27.7 Å². The van der Waals surface area contributed by atoms with Crippen molar-refractivity contribution in [2.75, 3.05) is 7.11 Å². The van der Waals surface area contributed by atoms with Gasteiger partial charge in [-0.1, -0.05) is 25.9 Å². The molecule has 3 N–H and O–H groups in total. The third-order valence-electron chi connectivity index (χ3n) is 2.61. The van der Waals surface area contributed by atoms with Crippen LogP contribution in [0.5, 0.6) is 0 Å². The standard InChI is InChI=1S/C10H18N4O3/c1-6(13-17-5)10(14-16)7(9(2,3)4)11-12-8(10)15/h14,16H,1-5H3,(H,12,15). The van der Waals surface area contributed by atoms with Crippen molar-refractivity contribution in [3.8, 4) is 0 Å². The lowest BCUT2D eigenvalue weighted by molar-refractivity contribution is -0.124. The number of hydrazone groups is 1. The highest BCUT2D eigenvalue weighted by molar-refractivity contribution is 6.34. The van der Waals surface area contributed by atoms with Crippen molar-refractivity contribution in [3.63, 3.8) is 0 Å². The van der Waals surface area contributed by atoms with Crippen LogP contribution in [0.3, 0.4) is 0 Å². The van der Waals surface area contributed by atoms with E-state index in [-0.39, 0.29) is 5.71 Å². The predicted octanol–water partition coefficient (Wildman–Crippen LogP) is 0.258. The maximum absolute atomic E-state index is 11.9. The van der Waals surface area contributed by atoms with Gasteiger partial charge in [-0.05, 0) is 6.92 Å². The first-order valence-corrected chi connectivity index (χ1v) is 5.19. The number of hydroxylamine groups is 1. The molecule has 0 radical (unpaired) electrons. The lowest BCUT2D eigenvalue weighted by Crippen LogP contribution is -2.63. The Morgan fingerprint density at radius 3 is 2.59 bits per heavy atom. The molecule has 7 nitrogen and oxygen atoms in total. The second-order valence-corrected chi connectivity index (χ2v) is 4.87. The van der Waals surface area contributed by atoms with Gasteiger partial charge < -0.3 is 10.0 Å². The Balaban J connectivity index is 3.34. The van der Waals surface area contributed by atoms with Crippen molar-refractivity contribution >= 4 is 17.3 Å². The maximum Gasteiger partial charge on any atom is 0.274 e. The summed E-state index contributed by atoms with van der Waals surface area (Å²) in [5.41, 5.74) is 3.22. The molecule has 7 heteroatoms. The zero-order valence-corrected chi connectivity index (χ0v) is 10.7. The van der Waals surface area contributed by atoms with E-state index in [1.807, 2.05) is 26.3 Å².